The number of amides is 1. The van der Waals surface area contributed by atoms with E-state index in [-0.39, 0.29) is 22.7 Å². The van der Waals surface area contributed by atoms with Crippen LogP contribution in [0.3, 0.4) is 0 Å². The van der Waals surface area contributed by atoms with Gasteiger partial charge in [0.2, 0.25) is 0 Å². The predicted molar refractivity (Wildman–Crippen MR) is 124 cm³/mol. The van der Waals surface area contributed by atoms with E-state index in [1.54, 1.807) is 36.4 Å². The Labute approximate surface area is 194 Å². The SMILES string of the molecule is COc1cc([N+](=O)[O-])ccc1NC(=O)C(C#N)=Cc1cccc(OCc2ccc(Cl)cc2)c1. The van der Waals surface area contributed by atoms with E-state index in [4.69, 9.17) is 21.1 Å². The van der Waals surface area contributed by atoms with Gasteiger partial charge < -0.3 is 14.8 Å². The van der Waals surface area contributed by atoms with Gasteiger partial charge in [0.1, 0.15) is 29.7 Å². The normalized spacial score (nSPS) is 10.8. The molecule has 1 N–H and O–H groups in total. The van der Waals surface area contributed by atoms with Crippen molar-refractivity contribution in [2.45, 2.75) is 6.61 Å². The molecule has 0 aliphatic carbocycles. The zero-order chi connectivity index (χ0) is 23.8. The van der Waals surface area contributed by atoms with Gasteiger partial charge in [-0.3, -0.25) is 14.9 Å². The van der Waals surface area contributed by atoms with Gasteiger partial charge in [-0.25, -0.2) is 0 Å². The highest BCUT2D eigenvalue weighted by molar-refractivity contribution is 6.30. The number of nitro benzene ring substituents is 1. The minimum Gasteiger partial charge on any atom is -0.494 e. The monoisotopic (exact) mass is 463 g/mol. The molecule has 0 aromatic heterocycles. The van der Waals surface area contributed by atoms with Gasteiger partial charge in [-0.1, -0.05) is 35.9 Å². The number of halogens is 1. The van der Waals surface area contributed by atoms with Crippen LogP contribution in [-0.4, -0.2) is 17.9 Å². The van der Waals surface area contributed by atoms with Crippen molar-refractivity contribution in [1.29, 1.82) is 5.26 Å². The highest BCUT2D eigenvalue weighted by Gasteiger charge is 2.16. The minimum atomic E-state index is -0.683. The Morgan fingerprint density at radius 1 is 1.18 bits per heavy atom. The van der Waals surface area contributed by atoms with Crippen LogP contribution in [0.2, 0.25) is 5.02 Å². The molecule has 0 radical (unpaired) electrons. The first-order valence-corrected chi connectivity index (χ1v) is 10.0. The van der Waals surface area contributed by atoms with E-state index in [2.05, 4.69) is 5.32 Å². The van der Waals surface area contributed by atoms with Crippen LogP contribution in [0.1, 0.15) is 11.1 Å². The maximum absolute atomic E-state index is 12.6. The first-order chi connectivity index (χ1) is 15.9. The number of ether oxygens (including phenoxy) is 2. The first-order valence-electron chi connectivity index (χ1n) is 9.62. The molecule has 0 heterocycles. The molecule has 0 fully saturated rings. The summed E-state index contributed by atoms with van der Waals surface area (Å²) in [6.07, 6.45) is 1.42. The summed E-state index contributed by atoms with van der Waals surface area (Å²) in [7, 11) is 1.32. The molecule has 8 nitrogen and oxygen atoms in total. The number of nitrogens with zero attached hydrogens (tertiary/aromatic N) is 2. The first kappa shape index (κ1) is 23.3. The highest BCUT2D eigenvalue weighted by atomic mass is 35.5. The van der Waals surface area contributed by atoms with E-state index in [0.717, 1.165) is 5.56 Å². The van der Waals surface area contributed by atoms with E-state index in [0.29, 0.717) is 22.9 Å². The van der Waals surface area contributed by atoms with Gasteiger partial charge in [0, 0.05) is 11.1 Å². The van der Waals surface area contributed by atoms with Crippen molar-refractivity contribution in [3.8, 4) is 17.6 Å². The molecule has 166 valence electrons. The lowest BCUT2D eigenvalue weighted by molar-refractivity contribution is -0.384. The summed E-state index contributed by atoms with van der Waals surface area (Å²) in [4.78, 5) is 23.0. The van der Waals surface area contributed by atoms with E-state index in [1.165, 1.54) is 31.4 Å². The molecule has 0 aliphatic rings. The summed E-state index contributed by atoms with van der Waals surface area (Å²) in [5.74, 6) is -0.0157. The number of nitrogens with one attached hydrogen (secondary N) is 1. The molecule has 0 aliphatic heterocycles. The second kappa shape index (κ2) is 10.8. The average Bonchev–Trinajstić information content (AvgIpc) is 2.82. The summed E-state index contributed by atoms with van der Waals surface area (Å²) < 4.78 is 10.9. The molecule has 0 bridgehead atoms. The summed E-state index contributed by atoms with van der Waals surface area (Å²) in [6.45, 7) is 0.329. The molecule has 0 unspecified atom stereocenters. The molecule has 0 spiro atoms. The quantitative estimate of drug-likeness (QED) is 0.207. The van der Waals surface area contributed by atoms with E-state index in [9.17, 15) is 20.2 Å². The second-order valence-electron chi connectivity index (χ2n) is 6.75. The van der Waals surface area contributed by atoms with E-state index in [1.807, 2.05) is 18.2 Å². The van der Waals surface area contributed by atoms with E-state index < -0.39 is 10.8 Å². The number of non-ortho nitro benzene ring substituents is 1. The van der Waals surface area contributed by atoms with Gasteiger partial charge in [-0.2, -0.15) is 5.26 Å². The number of benzene rings is 3. The smallest absolute Gasteiger partial charge is 0.273 e. The molecular weight excluding hydrogens is 446 g/mol. The zero-order valence-corrected chi connectivity index (χ0v) is 18.2. The largest absolute Gasteiger partial charge is 0.494 e. The summed E-state index contributed by atoms with van der Waals surface area (Å²) >= 11 is 5.88. The summed E-state index contributed by atoms with van der Waals surface area (Å²) in [5.41, 5.74) is 1.39. The lowest BCUT2D eigenvalue weighted by Gasteiger charge is -2.10. The van der Waals surface area contributed by atoms with Crippen LogP contribution < -0.4 is 14.8 Å². The van der Waals surface area contributed by atoms with Gasteiger partial charge in [0.05, 0.1) is 23.8 Å². The zero-order valence-electron chi connectivity index (χ0n) is 17.4. The fourth-order valence-corrected chi connectivity index (χ4v) is 2.97. The van der Waals surface area contributed by atoms with Crippen molar-refractivity contribution in [2.24, 2.45) is 0 Å². The number of nitriles is 1. The predicted octanol–water partition coefficient (Wildman–Crippen LogP) is 5.38. The fourth-order valence-electron chi connectivity index (χ4n) is 2.84. The Balaban J connectivity index is 1.74. The Hall–Kier alpha value is -4.35. The topological polar surface area (TPSA) is 114 Å². The molecule has 0 atom stereocenters. The van der Waals surface area contributed by atoms with Crippen molar-refractivity contribution in [1.82, 2.24) is 0 Å². The molecule has 0 saturated carbocycles. The number of rotatable bonds is 8. The van der Waals surface area contributed by atoms with Crippen molar-refractivity contribution >= 4 is 35.0 Å². The van der Waals surface area contributed by atoms with Gasteiger partial charge in [-0.15, -0.1) is 0 Å². The molecule has 3 aromatic rings. The third-order valence-corrected chi connectivity index (χ3v) is 4.75. The van der Waals surface area contributed by atoms with Crippen molar-refractivity contribution < 1.29 is 19.2 Å². The lowest BCUT2D eigenvalue weighted by Crippen LogP contribution is -2.14. The highest BCUT2D eigenvalue weighted by Crippen LogP contribution is 2.29. The molecule has 3 rings (SSSR count). The Morgan fingerprint density at radius 2 is 1.94 bits per heavy atom. The van der Waals surface area contributed by atoms with Crippen LogP contribution in [0, 0.1) is 21.4 Å². The summed E-state index contributed by atoms with van der Waals surface area (Å²) in [5, 5.41) is 23.6. The van der Waals surface area contributed by atoms with Crippen LogP contribution in [0.5, 0.6) is 11.5 Å². The lowest BCUT2D eigenvalue weighted by atomic mass is 10.1. The van der Waals surface area contributed by atoms with Crippen LogP contribution in [-0.2, 0) is 11.4 Å². The van der Waals surface area contributed by atoms with Crippen LogP contribution >= 0.6 is 11.6 Å². The van der Waals surface area contributed by atoms with E-state index >= 15 is 0 Å². The number of carbonyl (C=O) groups is 1. The number of carbonyl (C=O) groups excluding carboxylic acids is 1. The third kappa shape index (κ3) is 6.32. The van der Waals surface area contributed by atoms with Gasteiger partial charge >= 0.3 is 0 Å². The molecule has 3 aromatic carbocycles. The Bertz CT molecular complexity index is 1250. The standard InChI is InChI=1S/C24H18ClN3O5/c1-32-23-13-20(28(30)31)9-10-22(23)27-24(29)18(14-26)11-17-3-2-4-21(12-17)33-15-16-5-7-19(25)8-6-16/h2-13H,15H2,1H3,(H,27,29). The molecule has 33 heavy (non-hydrogen) atoms. The van der Waals surface area contributed by atoms with Crippen LogP contribution in [0.15, 0.2) is 72.3 Å². The fraction of sp³-hybridized carbons (Fsp3) is 0.0833. The number of nitro groups is 1. The van der Waals surface area contributed by atoms with Crippen LogP contribution in [0.4, 0.5) is 11.4 Å². The third-order valence-electron chi connectivity index (χ3n) is 4.50. The molecule has 0 saturated heterocycles. The average molecular weight is 464 g/mol. The number of anilines is 1. The van der Waals surface area contributed by atoms with Crippen molar-refractivity contribution in [3.63, 3.8) is 0 Å². The van der Waals surface area contributed by atoms with Gasteiger partial charge in [-0.05, 0) is 47.5 Å². The maximum Gasteiger partial charge on any atom is 0.273 e. The molecule has 9 heteroatoms. The molecular formula is C24H18ClN3O5. The number of hydrogen-bond acceptors (Lipinski definition) is 6. The van der Waals surface area contributed by atoms with Crippen molar-refractivity contribution in [3.05, 3.63) is 98.6 Å². The van der Waals surface area contributed by atoms with Gasteiger partial charge in [0.25, 0.3) is 11.6 Å². The van der Waals surface area contributed by atoms with Crippen molar-refractivity contribution in [2.75, 3.05) is 12.4 Å². The number of methoxy groups -OCH3 is 1. The Kier molecular flexibility index (Phi) is 7.63. The summed E-state index contributed by atoms with van der Waals surface area (Å²) in [6, 6.07) is 19.8. The maximum atomic E-state index is 12.6. The molecule has 1 amide bonds. The minimum absolute atomic E-state index is 0.104. The number of hydrogen-bond donors (Lipinski definition) is 1. The Morgan fingerprint density at radius 3 is 2.61 bits per heavy atom. The van der Waals surface area contributed by atoms with Crippen LogP contribution in [0.25, 0.3) is 6.08 Å². The van der Waals surface area contributed by atoms with Gasteiger partial charge in [0.15, 0.2) is 0 Å². The second-order valence-corrected chi connectivity index (χ2v) is 7.19.